The number of rotatable bonds is 6. The lowest BCUT2D eigenvalue weighted by Crippen LogP contribution is -2.34. The molecule has 0 amide bonds. The largest absolute Gasteiger partial charge is 0.488 e. The maximum absolute atomic E-state index is 12.8. The summed E-state index contributed by atoms with van der Waals surface area (Å²) >= 11 is 5.12. The number of hydrogen-bond donors (Lipinski definition) is 0. The number of nitriles is 1. The molecule has 0 aliphatic carbocycles. The molecule has 2 aromatic carbocycles. The molecule has 0 unspecified atom stereocenters. The monoisotopic (exact) mass is 509 g/mol. The SMILES string of the molecule is CCOC(=O)C1=C(C)N=C2SC=CN2[C@@H]1c1ccc(OCc2ccccc2C#N)c(Br)c1. The third-order valence-electron chi connectivity index (χ3n) is 5.11. The Labute approximate surface area is 199 Å². The number of halogens is 1. The number of hydrogen-bond acceptors (Lipinski definition) is 7. The van der Waals surface area contributed by atoms with Gasteiger partial charge in [-0.2, -0.15) is 5.26 Å². The summed E-state index contributed by atoms with van der Waals surface area (Å²) in [7, 11) is 0. The van der Waals surface area contributed by atoms with E-state index in [1.165, 1.54) is 11.8 Å². The molecule has 0 radical (unpaired) electrons. The molecule has 0 bridgehead atoms. The van der Waals surface area contributed by atoms with Crippen LogP contribution in [0.4, 0.5) is 0 Å². The first-order valence-electron chi connectivity index (χ1n) is 10.0. The van der Waals surface area contributed by atoms with Crippen molar-refractivity contribution in [3.63, 3.8) is 0 Å². The van der Waals surface area contributed by atoms with Crippen LogP contribution in [0.5, 0.6) is 5.75 Å². The first kappa shape index (κ1) is 22.2. The molecule has 0 spiro atoms. The minimum atomic E-state index is -0.368. The van der Waals surface area contributed by atoms with Gasteiger partial charge in [0.1, 0.15) is 12.4 Å². The number of esters is 1. The van der Waals surface area contributed by atoms with E-state index in [0.717, 1.165) is 20.8 Å². The maximum Gasteiger partial charge on any atom is 0.338 e. The van der Waals surface area contributed by atoms with Gasteiger partial charge in [0.05, 0.1) is 40.0 Å². The highest BCUT2D eigenvalue weighted by atomic mass is 79.9. The summed E-state index contributed by atoms with van der Waals surface area (Å²) in [5, 5.41) is 12.1. The number of carbonyl (C=O) groups excluding carboxylic acids is 1. The topological polar surface area (TPSA) is 74.9 Å². The number of nitrogens with zero attached hydrogens (tertiary/aromatic N) is 3. The summed E-state index contributed by atoms with van der Waals surface area (Å²) in [5.41, 5.74) is 3.49. The summed E-state index contributed by atoms with van der Waals surface area (Å²) in [6.45, 7) is 4.20. The smallest absolute Gasteiger partial charge is 0.338 e. The zero-order valence-corrected chi connectivity index (χ0v) is 19.9. The van der Waals surface area contributed by atoms with E-state index in [-0.39, 0.29) is 18.6 Å². The van der Waals surface area contributed by atoms with E-state index in [2.05, 4.69) is 27.0 Å². The average Bonchev–Trinajstić information content (AvgIpc) is 3.25. The van der Waals surface area contributed by atoms with Crippen molar-refractivity contribution in [1.82, 2.24) is 4.90 Å². The van der Waals surface area contributed by atoms with E-state index in [4.69, 9.17) is 9.47 Å². The third-order valence-corrected chi connectivity index (χ3v) is 6.50. The summed E-state index contributed by atoms with van der Waals surface area (Å²) in [5.74, 6) is 0.281. The Hall–Kier alpha value is -3.02. The van der Waals surface area contributed by atoms with E-state index in [1.807, 2.05) is 59.8 Å². The molecule has 6 nitrogen and oxygen atoms in total. The Morgan fingerprint density at radius 1 is 1.31 bits per heavy atom. The minimum Gasteiger partial charge on any atom is -0.488 e. The molecule has 0 aromatic heterocycles. The van der Waals surface area contributed by atoms with Crippen LogP contribution in [-0.2, 0) is 16.1 Å². The van der Waals surface area contributed by atoms with E-state index < -0.39 is 0 Å². The molecule has 2 aromatic rings. The molecule has 2 heterocycles. The van der Waals surface area contributed by atoms with Gasteiger partial charge in [0.2, 0.25) is 0 Å². The lowest BCUT2D eigenvalue weighted by atomic mass is 9.95. The van der Waals surface area contributed by atoms with E-state index in [9.17, 15) is 10.1 Å². The van der Waals surface area contributed by atoms with Crippen molar-refractivity contribution < 1.29 is 14.3 Å². The van der Waals surface area contributed by atoms with E-state index in [0.29, 0.717) is 29.2 Å². The molecule has 8 heteroatoms. The fourth-order valence-electron chi connectivity index (χ4n) is 3.61. The van der Waals surface area contributed by atoms with Crippen LogP contribution in [-0.4, -0.2) is 22.6 Å². The van der Waals surface area contributed by atoms with Crippen molar-refractivity contribution >= 4 is 38.8 Å². The molecule has 0 saturated heterocycles. The van der Waals surface area contributed by atoms with Gasteiger partial charge in [0.15, 0.2) is 5.17 Å². The van der Waals surface area contributed by atoms with Crippen molar-refractivity contribution in [2.24, 2.45) is 4.99 Å². The van der Waals surface area contributed by atoms with Crippen LogP contribution in [0.1, 0.15) is 36.6 Å². The van der Waals surface area contributed by atoms with Crippen LogP contribution in [0.2, 0.25) is 0 Å². The van der Waals surface area contributed by atoms with Gasteiger partial charge in [0.25, 0.3) is 0 Å². The molecule has 1 atom stereocenters. The normalized spacial score (nSPS) is 17.0. The molecule has 32 heavy (non-hydrogen) atoms. The summed E-state index contributed by atoms with van der Waals surface area (Å²) in [6, 6.07) is 14.9. The first-order chi connectivity index (χ1) is 15.5. The fourth-order valence-corrected chi connectivity index (χ4v) is 4.92. The van der Waals surface area contributed by atoms with Crippen LogP contribution in [0.15, 0.2) is 74.8 Å². The van der Waals surface area contributed by atoms with Gasteiger partial charge >= 0.3 is 5.97 Å². The molecular formula is C24H20BrN3O3S. The lowest BCUT2D eigenvalue weighted by molar-refractivity contribution is -0.139. The fraction of sp³-hybridized carbons (Fsp3) is 0.208. The summed E-state index contributed by atoms with van der Waals surface area (Å²) in [6.07, 6.45) is 1.93. The van der Waals surface area contributed by atoms with Crippen molar-refractivity contribution in [1.29, 1.82) is 5.26 Å². The highest BCUT2D eigenvalue weighted by molar-refractivity contribution is 9.10. The lowest BCUT2D eigenvalue weighted by Gasteiger charge is -2.33. The van der Waals surface area contributed by atoms with Gasteiger partial charge in [-0.15, -0.1) is 0 Å². The minimum absolute atomic E-state index is 0.278. The molecule has 0 saturated carbocycles. The molecule has 0 N–H and O–H groups in total. The van der Waals surface area contributed by atoms with Crippen LogP contribution in [0.3, 0.4) is 0 Å². The van der Waals surface area contributed by atoms with Gasteiger partial charge < -0.3 is 14.4 Å². The number of aliphatic imine (C=N–C) groups is 1. The number of amidine groups is 1. The van der Waals surface area contributed by atoms with Crippen LogP contribution < -0.4 is 4.74 Å². The molecule has 2 aliphatic heterocycles. The average molecular weight is 510 g/mol. The molecule has 0 fully saturated rings. The highest BCUT2D eigenvalue weighted by Crippen LogP contribution is 2.42. The number of allylic oxidation sites excluding steroid dienone is 1. The number of benzene rings is 2. The Balaban J connectivity index is 1.63. The summed E-state index contributed by atoms with van der Waals surface area (Å²) < 4.78 is 12.1. The zero-order chi connectivity index (χ0) is 22.7. The Morgan fingerprint density at radius 2 is 2.12 bits per heavy atom. The summed E-state index contributed by atoms with van der Waals surface area (Å²) in [4.78, 5) is 19.3. The van der Waals surface area contributed by atoms with Crippen LogP contribution in [0, 0.1) is 11.3 Å². The number of carbonyl (C=O) groups is 1. The van der Waals surface area contributed by atoms with Gasteiger partial charge in [-0.25, -0.2) is 9.79 Å². The number of thioether (sulfide) groups is 1. The van der Waals surface area contributed by atoms with Crippen molar-refractivity contribution in [3.05, 3.63) is 86.5 Å². The van der Waals surface area contributed by atoms with Gasteiger partial charge in [0, 0.05) is 11.8 Å². The van der Waals surface area contributed by atoms with Gasteiger partial charge in [-0.05, 0) is 58.9 Å². The van der Waals surface area contributed by atoms with E-state index in [1.54, 1.807) is 13.0 Å². The van der Waals surface area contributed by atoms with Crippen LogP contribution in [0.25, 0.3) is 0 Å². The zero-order valence-electron chi connectivity index (χ0n) is 17.5. The van der Waals surface area contributed by atoms with Crippen molar-refractivity contribution in [2.45, 2.75) is 26.5 Å². The maximum atomic E-state index is 12.8. The van der Waals surface area contributed by atoms with Gasteiger partial charge in [-0.1, -0.05) is 36.0 Å². The van der Waals surface area contributed by atoms with Crippen molar-refractivity contribution in [3.8, 4) is 11.8 Å². The third kappa shape index (κ3) is 4.31. The predicted molar refractivity (Wildman–Crippen MR) is 128 cm³/mol. The number of ether oxygens (including phenoxy) is 2. The van der Waals surface area contributed by atoms with Crippen LogP contribution >= 0.6 is 27.7 Å². The second kappa shape index (κ2) is 9.63. The Kier molecular flexibility index (Phi) is 6.68. The van der Waals surface area contributed by atoms with Crippen molar-refractivity contribution in [2.75, 3.05) is 6.61 Å². The number of fused-ring (bicyclic) bond motifs is 1. The molecule has 4 rings (SSSR count). The first-order valence-corrected chi connectivity index (χ1v) is 11.7. The van der Waals surface area contributed by atoms with E-state index >= 15 is 0 Å². The predicted octanol–water partition coefficient (Wildman–Crippen LogP) is 5.67. The molecule has 162 valence electrons. The molecule has 2 aliphatic rings. The van der Waals surface area contributed by atoms with Gasteiger partial charge in [-0.3, -0.25) is 0 Å². The second-order valence-corrected chi connectivity index (χ2v) is 8.80. The molecular weight excluding hydrogens is 490 g/mol. The standard InChI is InChI=1S/C24H20BrN3O3S/c1-3-30-23(29)21-15(2)27-24-28(10-11-32-24)22(21)16-8-9-20(19(25)12-16)31-14-18-7-5-4-6-17(18)13-26/h4-12,22H,3,14H2,1-2H3/t22-/m1/s1. The Bertz CT molecular complexity index is 1200. The second-order valence-electron chi connectivity index (χ2n) is 7.07. The quantitative estimate of drug-likeness (QED) is 0.467. The Morgan fingerprint density at radius 3 is 2.88 bits per heavy atom. The highest BCUT2D eigenvalue weighted by Gasteiger charge is 2.37.